The second kappa shape index (κ2) is 6.90. The SMILES string of the molecule is CC(=O)Oc1c(C)c(C)nn1C(C)c1ccc(C(F)(F)F)c(C(F)(F)F)c1. The molecule has 0 saturated carbocycles. The lowest BCUT2D eigenvalue weighted by molar-refractivity contribution is -0.162. The largest absolute Gasteiger partial charge is 0.417 e. The molecule has 0 aliphatic rings. The predicted molar refractivity (Wildman–Crippen MR) is 83.3 cm³/mol. The maximum absolute atomic E-state index is 13.2. The Hall–Kier alpha value is -2.52. The van der Waals surface area contributed by atoms with Crippen LogP contribution in [0, 0.1) is 13.8 Å². The molecule has 0 bridgehead atoms. The Morgan fingerprint density at radius 2 is 1.63 bits per heavy atom. The molecule has 27 heavy (non-hydrogen) atoms. The van der Waals surface area contributed by atoms with Gasteiger partial charge >= 0.3 is 18.3 Å². The van der Waals surface area contributed by atoms with Gasteiger partial charge in [0.1, 0.15) is 0 Å². The fraction of sp³-hybridized carbons (Fsp3) is 0.412. The standard InChI is InChI=1S/C17H16F6N2O2/c1-8-9(2)24-25(15(8)27-11(4)26)10(3)12-5-6-13(16(18,19)20)14(7-12)17(21,22)23/h5-7,10H,1-4H3. The van der Waals surface area contributed by atoms with Gasteiger partial charge < -0.3 is 4.74 Å². The molecule has 148 valence electrons. The highest BCUT2D eigenvalue weighted by Gasteiger charge is 2.43. The summed E-state index contributed by atoms with van der Waals surface area (Å²) in [5.41, 5.74) is -2.64. The zero-order chi connectivity index (χ0) is 20.7. The van der Waals surface area contributed by atoms with Crippen molar-refractivity contribution in [2.45, 2.75) is 46.1 Å². The lowest BCUT2D eigenvalue weighted by Crippen LogP contribution is -2.19. The molecule has 0 aliphatic carbocycles. The highest BCUT2D eigenvalue weighted by atomic mass is 19.4. The van der Waals surface area contributed by atoms with Gasteiger partial charge in [0.15, 0.2) is 0 Å². The fourth-order valence-electron chi connectivity index (χ4n) is 2.58. The number of rotatable bonds is 3. The van der Waals surface area contributed by atoms with Gasteiger partial charge in [-0.25, -0.2) is 4.68 Å². The summed E-state index contributed by atoms with van der Waals surface area (Å²) in [5.74, 6) is -0.629. The van der Waals surface area contributed by atoms with E-state index in [9.17, 15) is 31.1 Å². The van der Waals surface area contributed by atoms with Crippen molar-refractivity contribution in [3.8, 4) is 5.88 Å². The maximum Gasteiger partial charge on any atom is 0.417 e. The van der Waals surface area contributed by atoms with Crippen LogP contribution >= 0.6 is 0 Å². The van der Waals surface area contributed by atoms with Crippen LogP contribution in [0.4, 0.5) is 26.3 Å². The molecule has 0 aliphatic heterocycles. The molecule has 1 aromatic carbocycles. The lowest BCUT2D eigenvalue weighted by Gasteiger charge is -2.20. The van der Waals surface area contributed by atoms with Crippen molar-refractivity contribution < 1.29 is 35.9 Å². The van der Waals surface area contributed by atoms with Crippen molar-refractivity contribution in [3.05, 3.63) is 46.1 Å². The van der Waals surface area contributed by atoms with Crippen molar-refractivity contribution in [2.24, 2.45) is 0 Å². The molecule has 0 amide bonds. The van der Waals surface area contributed by atoms with Gasteiger partial charge in [0.05, 0.1) is 22.9 Å². The number of esters is 1. The summed E-state index contributed by atoms with van der Waals surface area (Å²) in [5, 5.41) is 4.14. The van der Waals surface area contributed by atoms with Crippen LogP contribution in [0.15, 0.2) is 18.2 Å². The second-order valence-electron chi connectivity index (χ2n) is 6.03. The number of aromatic nitrogens is 2. The summed E-state index contributed by atoms with van der Waals surface area (Å²) in [6.07, 6.45) is -10.3. The van der Waals surface area contributed by atoms with Gasteiger partial charge in [-0.1, -0.05) is 6.07 Å². The molecular weight excluding hydrogens is 378 g/mol. The Labute approximate surface area is 150 Å². The number of hydrogen-bond donors (Lipinski definition) is 0. The molecular formula is C17H16F6N2O2. The summed E-state index contributed by atoms with van der Waals surface area (Å²) >= 11 is 0. The summed E-state index contributed by atoms with van der Waals surface area (Å²) < 4.78 is 84.5. The molecule has 10 heteroatoms. The quantitative estimate of drug-likeness (QED) is 0.539. The highest BCUT2D eigenvalue weighted by Crippen LogP contribution is 2.42. The van der Waals surface area contributed by atoms with Crippen LogP contribution in [-0.4, -0.2) is 15.7 Å². The first-order valence-electron chi connectivity index (χ1n) is 7.76. The Morgan fingerprint density at radius 3 is 2.11 bits per heavy atom. The number of halogens is 6. The first kappa shape index (κ1) is 20.8. The predicted octanol–water partition coefficient (Wildman–Crippen LogP) is 5.07. The van der Waals surface area contributed by atoms with E-state index >= 15 is 0 Å². The molecule has 1 unspecified atom stereocenters. The number of alkyl halides is 6. The van der Waals surface area contributed by atoms with E-state index in [1.807, 2.05) is 0 Å². The number of carbonyl (C=O) groups is 1. The number of hydrogen-bond acceptors (Lipinski definition) is 3. The summed E-state index contributed by atoms with van der Waals surface area (Å²) in [7, 11) is 0. The van der Waals surface area contributed by atoms with Crippen molar-refractivity contribution in [1.82, 2.24) is 9.78 Å². The highest BCUT2D eigenvalue weighted by molar-refractivity contribution is 5.69. The van der Waals surface area contributed by atoms with Crippen LogP contribution in [-0.2, 0) is 17.1 Å². The minimum absolute atomic E-state index is 0.0287. The van der Waals surface area contributed by atoms with E-state index in [0.29, 0.717) is 23.4 Å². The average Bonchev–Trinajstić information content (AvgIpc) is 2.80. The molecule has 2 aromatic rings. The first-order valence-corrected chi connectivity index (χ1v) is 7.76. The Morgan fingerprint density at radius 1 is 1.07 bits per heavy atom. The van der Waals surface area contributed by atoms with Gasteiger partial charge in [-0.15, -0.1) is 0 Å². The van der Waals surface area contributed by atoms with Gasteiger partial charge in [0, 0.05) is 12.5 Å². The Balaban J connectivity index is 2.60. The van der Waals surface area contributed by atoms with Crippen LogP contribution in [0.25, 0.3) is 0 Å². The van der Waals surface area contributed by atoms with Gasteiger partial charge in [0.25, 0.3) is 0 Å². The number of aryl methyl sites for hydroxylation is 1. The maximum atomic E-state index is 13.2. The Kier molecular flexibility index (Phi) is 5.31. The molecule has 0 N–H and O–H groups in total. The number of benzene rings is 1. The van der Waals surface area contributed by atoms with E-state index in [1.165, 1.54) is 11.6 Å². The first-order chi connectivity index (χ1) is 12.2. The molecule has 0 spiro atoms. The lowest BCUT2D eigenvalue weighted by atomic mass is 9.99. The van der Waals surface area contributed by atoms with Crippen molar-refractivity contribution in [3.63, 3.8) is 0 Å². The smallest absolute Gasteiger partial charge is 0.408 e. The monoisotopic (exact) mass is 394 g/mol. The minimum Gasteiger partial charge on any atom is -0.408 e. The molecule has 1 heterocycles. The van der Waals surface area contributed by atoms with Crippen LogP contribution < -0.4 is 4.74 Å². The molecule has 0 saturated heterocycles. The zero-order valence-electron chi connectivity index (χ0n) is 14.8. The van der Waals surface area contributed by atoms with Crippen LogP contribution in [0.3, 0.4) is 0 Å². The van der Waals surface area contributed by atoms with E-state index in [0.717, 1.165) is 13.0 Å². The topological polar surface area (TPSA) is 44.1 Å². The normalized spacial score (nSPS) is 13.6. The van der Waals surface area contributed by atoms with Gasteiger partial charge in [-0.2, -0.15) is 31.4 Å². The van der Waals surface area contributed by atoms with E-state index < -0.39 is 35.5 Å². The minimum atomic E-state index is -5.19. The van der Waals surface area contributed by atoms with Gasteiger partial charge in [-0.3, -0.25) is 4.79 Å². The van der Waals surface area contributed by atoms with Crippen molar-refractivity contribution >= 4 is 5.97 Å². The van der Waals surface area contributed by atoms with Gasteiger partial charge in [-0.05, 0) is 38.5 Å². The van der Waals surface area contributed by atoms with E-state index in [4.69, 9.17) is 4.74 Å². The number of ether oxygens (including phenoxy) is 1. The fourth-order valence-corrected chi connectivity index (χ4v) is 2.58. The van der Waals surface area contributed by atoms with Crippen LogP contribution in [0.1, 0.15) is 47.8 Å². The summed E-state index contributed by atoms with van der Waals surface area (Å²) in [6.45, 7) is 5.81. The second-order valence-corrected chi connectivity index (χ2v) is 6.03. The third-order valence-corrected chi connectivity index (χ3v) is 4.07. The van der Waals surface area contributed by atoms with Crippen LogP contribution in [0.5, 0.6) is 5.88 Å². The Bertz CT molecular complexity index is 868. The molecule has 0 radical (unpaired) electrons. The molecule has 4 nitrogen and oxygen atoms in total. The van der Waals surface area contributed by atoms with E-state index in [1.54, 1.807) is 13.8 Å². The zero-order valence-corrected chi connectivity index (χ0v) is 14.8. The van der Waals surface area contributed by atoms with Crippen LogP contribution in [0.2, 0.25) is 0 Å². The molecule has 0 fully saturated rings. The van der Waals surface area contributed by atoms with E-state index in [-0.39, 0.29) is 11.4 Å². The molecule has 1 aromatic heterocycles. The summed E-state index contributed by atoms with van der Waals surface area (Å²) in [4.78, 5) is 11.3. The van der Waals surface area contributed by atoms with Gasteiger partial charge in [0.2, 0.25) is 5.88 Å². The summed E-state index contributed by atoms with van der Waals surface area (Å²) in [6, 6.07) is 0.878. The van der Waals surface area contributed by atoms with Crippen molar-refractivity contribution in [1.29, 1.82) is 0 Å². The number of carbonyl (C=O) groups excluding carboxylic acids is 1. The van der Waals surface area contributed by atoms with Crippen molar-refractivity contribution in [2.75, 3.05) is 0 Å². The third kappa shape index (κ3) is 4.25. The molecule has 2 rings (SSSR count). The molecule has 1 atom stereocenters. The van der Waals surface area contributed by atoms with E-state index in [2.05, 4.69) is 5.10 Å². The third-order valence-electron chi connectivity index (χ3n) is 4.07. The average molecular weight is 394 g/mol. The number of nitrogens with zero attached hydrogens (tertiary/aromatic N) is 2.